The Hall–Kier alpha value is -2.61. The van der Waals surface area contributed by atoms with Crippen molar-refractivity contribution in [2.45, 2.75) is 26.2 Å². The van der Waals surface area contributed by atoms with E-state index in [0.29, 0.717) is 0 Å². The van der Waals surface area contributed by atoms with Crippen molar-refractivity contribution < 1.29 is 0 Å². The van der Waals surface area contributed by atoms with Crippen LogP contribution in [0.3, 0.4) is 0 Å². The average molecular weight is 298 g/mol. The van der Waals surface area contributed by atoms with E-state index in [9.17, 15) is 0 Å². The molecule has 2 nitrogen and oxygen atoms in total. The van der Waals surface area contributed by atoms with Gasteiger partial charge in [-0.1, -0.05) is 43.7 Å². The van der Waals surface area contributed by atoms with Crippen molar-refractivity contribution in [3.05, 3.63) is 71.5 Å². The van der Waals surface area contributed by atoms with Crippen LogP contribution in [-0.4, -0.2) is 9.55 Å². The second-order valence-electron chi connectivity index (χ2n) is 7.08. The van der Waals surface area contributed by atoms with Gasteiger partial charge in [0.2, 0.25) is 0 Å². The predicted molar refractivity (Wildman–Crippen MR) is 95.4 cm³/mol. The lowest BCUT2D eigenvalue weighted by Gasteiger charge is -2.34. The molecule has 2 heteroatoms. The first kappa shape index (κ1) is 12.9. The smallest absolute Gasteiger partial charge is 0.0686 e. The van der Waals surface area contributed by atoms with Crippen LogP contribution < -0.4 is 0 Å². The molecule has 112 valence electrons. The maximum absolute atomic E-state index is 4.41. The van der Waals surface area contributed by atoms with Gasteiger partial charge in [-0.2, -0.15) is 0 Å². The van der Waals surface area contributed by atoms with Gasteiger partial charge in [0.15, 0.2) is 0 Å². The molecular weight excluding hydrogens is 280 g/mol. The van der Waals surface area contributed by atoms with Gasteiger partial charge in [-0.15, -0.1) is 0 Å². The summed E-state index contributed by atoms with van der Waals surface area (Å²) in [5, 5.41) is 2.66. The number of benzene rings is 2. The summed E-state index contributed by atoms with van der Waals surface area (Å²) >= 11 is 0. The van der Waals surface area contributed by atoms with E-state index >= 15 is 0 Å². The Kier molecular flexibility index (Phi) is 2.25. The normalized spacial score (nSPS) is 15.1. The number of aryl methyl sites for hydroxylation is 1. The highest BCUT2D eigenvalue weighted by molar-refractivity contribution is 6.11. The van der Waals surface area contributed by atoms with E-state index in [0.717, 1.165) is 0 Å². The Bertz CT molecular complexity index is 1100. The molecule has 2 aromatic carbocycles. The van der Waals surface area contributed by atoms with E-state index in [-0.39, 0.29) is 5.41 Å². The fourth-order valence-corrected chi connectivity index (χ4v) is 4.18. The van der Waals surface area contributed by atoms with Crippen molar-refractivity contribution in [2.24, 2.45) is 0 Å². The summed E-state index contributed by atoms with van der Waals surface area (Å²) in [7, 11) is 0. The van der Waals surface area contributed by atoms with Crippen molar-refractivity contribution >= 4 is 21.8 Å². The van der Waals surface area contributed by atoms with Crippen LogP contribution in [-0.2, 0) is 5.41 Å². The third-order valence-corrected chi connectivity index (χ3v) is 5.33. The van der Waals surface area contributed by atoms with Gasteiger partial charge in [-0.3, -0.25) is 4.98 Å². The minimum Gasteiger partial charge on any atom is -0.307 e. The molecule has 5 rings (SSSR count). The molecule has 0 saturated carbocycles. The van der Waals surface area contributed by atoms with Gasteiger partial charge in [0.1, 0.15) is 0 Å². The predicted octanol–water partition coefficient (Wildman–Crippen LogP) is 5.13. The van der Waals surface area contributed by atoms with Crippen LogP contribution in [0.2, 0.25) is 0 Å². The standard InChI is InChI=1S/C21H18N2/c1-13-7-8-18-15(11-13)14-5-4-6-17-20(14)23(18)19-12-22-10-9-16(19)21(17,2)3/h4-12H,1-3H3. The molecule has 0 atom stereocenters. The van der Waals surface area contributed by atoms with Crippen LogP contribution in [0.1, 0.15) is 30.5 Å². The molecule has 0 fully saturated rings. The number of pyridine rings is 1. The van der Waals surface area contributed by atoms with Gasteiger partial charge in [0.05, 0.1) is 22.9 Å². The zero-order valence-electron chi connectivity index (χ0n) is 13.6. The largest absolute Gasteiger partial charge is 0.307 e. The molecule has 0 amide bonds. The van der Waals surface area contributed by atoms with Crippen LogP contribution in [0.15, 0.2) is 54.9 Å². The molecule has 3 heterocycles. The first-order chi connectivity index (χ1) is 11.1. The van der Waals surface area contributed by atoms with Crippen molar-refractivity contribution in [3.8, 4) is 5.69 Å². The van der Waals surface area contributed by atoms with Crippen LogP contribution in [0.5, 0.6) is 0 Å². The molecule has 2 aromatic heterocycles. The molecular formula is C21H18N2. The lowest BCUT2D eigenvalue weighted by molar-refractivity contribution is 0.628. The summed E-state index contributed by atoms with van der Waals surface area (Å²) in [6.45, 7) is 6.78. The van der Waals surface area contributed by atoms with Gasteiger partial charge in [-0.25, -0.2) is 0 Å². The number of nitrogens with zero attached hydrogens (tertiary/aromatic N) is 2. The fourth-order valence-electron chi connectivity index (χ4n) is 4.18. The Labute approximate surface area is 135 Å². The van der Waals surface area contributed by atoms with Crippen molar-refractivity contribution in [1.29, 1.82) is 0 Å². The summed E-state index contributed by atoms with van der Waals surface area (Å²) in [4.78, 5) is 4.41. The van der Waals surface area contributed by atoms with Gasteiger partial charge in [0, 0.05) is 22.4 Å². The second-order valence-corrected chi connectivity index (χ2v) is 7.08. The summed E-state index contributed by atoms with van der Waals surface area (Å²) in [6.07, 6.45) is 3.91. The molecule has 23 heavy (non-hydrogen) atoms. The average Bonchev–Trinajstić information content (AvgIpc) is 2.88. The molecule has 0 unspecified atom stereocenters. The lowest BCUT2D eigenvalue weighted by Crippen LogP contribution is -2.26. The van der Waals surface area contributed by atoms with E-state index in [4.69, 9.17) is 0 Å². The molecule has 0 radical (unpaired) electrons. The molecule has 0 bridgehead atoms. The summed E-state index contributed by atoms with van der Waals surface area (Å²) < 4.78 is 2.40. The Balaban J connectivity index is 2.13. The highest BCUT2D eigenvalue weighted by Crippen LogP contribution is 2.46. The van der Waals surface area contributed by atoms with Gasteiger partial charge >= 0.3 is 0 Å². The van der Waals surface area contributed by atoms with E-state index in [2.05, 4.69) is 72.8 Å². The first-order valence-corrected chi connectivity index (χ1v) is 8.08. The first-order valence-electron chi connectivity index (χ1n) is 8.08. The van der Waals surface area contributed by atoms with E-state index in [1.54, 1.807) is 0 Å². The van der Waals surface area contributed by atoms with Gasteiger partial charge < -0.3 is 4.57 Å². The minimum atomic E-state index is -0.0167. The second kappa shape index (κ2) is 4.02. The number of hydrogen-bond acceptors (Lipinski definition) is 1. The maximum atomic E-state index is 4.41. The summed E-state index contributed by atoms with van der Waals surface area (Å²) in [6, 6.07) is 15.6. The van der Waals surface area contributed by atoms with Crippen molar-refractivity contribution in [1.82, 2.24) is 9.55 Å². The molecule has 0 spiro atoms. The van der Waals surface area contributed by atoms with Crippen LogP contribution >= 0.6 is 0 Å². The van der Waals surface area contributed by atoms with Crippen molar-refractivity contribution in [2.75, 3.05) is 0 Å². The summed E-state index contributed by atoms with van der Waals surface area (Å²) in [5.41, 5.74) is 7.82. The minimum absolute atomic E-state index is 0.0167. The van der Waals surface area contributed by atoms with Crippen LogP contribution in [0.25, 0.3) is 27.5 Å². The Morgan fingerprint density at radius 2 is 1.83 bits per heavy atom. The monoisotopic (exact) mass is 298 g/mol. The van der Waals surface area contributed by atoms with E-state index < -0.39 is 0 Å². The zero-order chi connectivity index (χ0) is 15.8. The lowest BCUT2D eigenvalue weighted by atomic mass is 9.75. The van der Waals surface area contributed by atoms with E-state index in [1.807, 2.05) is 12.4 Å². The number of rotatable bonds is 0. The Morgan fingerprint density at radius 1 is 0.957 bits per heavy atom. The maximum Gasteiger partial charge on any atom is 0.0686 e. The van der Waals surface area contributed by atoms with Gasteiger partial charge in [-0.05, 0) is 36.2 Å². The number of fused-ring (bicyclic) bond motifs is 5. The summed E-state index contributed by atoms with van der Waals surface area (Å²) in [5.74, 6) is 0. The van der Waals surface area contributed by atoms with Crippen LogP contribution in [0.4, 0.5) is 0 Å². The molecule has 1 aliphatic heterocycles. The number of hydrogen-bond donors (Lipinski definition) is 0. The van der Waals surface area contributed by atoms with Crippen LogP contribution in [0, 0.1) is 6.92 Å². The topological polar surface area (TPSA) is 17.8 Å². The Morgan fingerprint density at radius 3 is 2.70 bits per heavy atom. The third kappa shape index (κ3) is 1.46. The van der Waals surface area contributed by atoms with Crippen molar-refractivity contribution in [3.63, 3.8) is 0 Å². The third-order valence-electron chi connectivity index (χ3n) is 5.33. The quantitative estimate of drug-likeness (QED) is 0.440. The number of para-hydroxylation sites is 1. The van der Waals surface area contributed by atoms with E-state index in [1.165, 1.54) is 44.2 Å². The van der Waals surface area contributed by atoms with Gasteiger partial charge in [0.25, 0.3) is 0 Å². The molecule has 0 saturated heterocycles. The fraction of sp³-hybridized carbons (Fsp3) is 0.190. The molecule has 0 N–H and O–H groups in total. The SMILES string of the molecule is Cc1ccc2c(c1)c1cccc3c1n2-c1cnccc1C3(C)C. The molecule has 0 aliphatic carbocycles. The molecule has 1 aliphatic rings. The highest BCUT2D eigenvalue weighted by Gasteiger charge is 2.34. The molecule has 4 aromatic rings. The zero-order valence-corrected chi connectivity index (χ0v) is 13.6. The number of aromatic nitrogens is 2. The highest BCUT2D eigenvalue weighted by atomic mass is 15.0.